The smallest absolute Gasteiger partial charge is 0.241 e. The van der Waals surface area contributed by atoms with E-state index in [-0.39, 0.29) is 24.4 Å². The monoisotopic (exact) mass is 480 g/mol. The van der Waals surface area contributed by atoms with Crippen LogP contribution in [0.2, 0.25) is 0 Å². The summed E-state index contributed by atoms with van der Waals surface area (Å²) in [6.45, 7) is 5.86. The van der Waals surface area contributed by atoms with Gasteiger partial charge in [0.1, 0.15) is 11.2 Å². The van der Waals surface area contributed by atoms with Gasteiger partial charge in [-0.1, -0.05) is 32.0 Å². The van der Waals surface area contributed by atoms with Crippen molar-refractivity contribution in [1.29, 1.82) is 0 Å². The summed E-state index contributed by atoms with van der Waals surface area (Å²) in [6, 6.07) is 8.02. The van der Waals surface area contributed by atoms with Crippen LogP contribution in [0, 0.1) is 5.92 Å². The van der Waals surface area contributed by atoms with E-state index in [0.717, 1.165) is 74.3 Å². The fraction of sp³-hybridized carbons (Fsp3) is 0.607. The Labute approximate surface area is 207 Å². The van der Waals surface area contributed by atoms with Crippen LogP contribution in [0.15, 0.2) is 24.3 Å². The number of nitrogens with zero attached hydrogens (tertiary/aromatic N) is 4. The standard InChI is InChI=1S/C28H37FN4O2/c1-3-20(4-2)26(34)31-18-28(19-31)21-11-5-7-13-23(21)33(27(28)35)17-25-30-22-12-6-8-14-24(22)32(25)16-10-9-15-29/h5,7,11,13,20H,3-4,6,8-10,12,14-19H2,1-2H3. The second-order valence-corrected chi connectivity index (χ2v) is 10.4. The summed E-state index contributed by atoms with van der Waals surface area (Å²) < 4.78 is 15.1. The zero-order chi connectivity index (χ0) is 24.6. The highest BCUT2D eigenvalue weighted by molar-refractivity contribution is 6.10. The minimum absolute atomic E-state index is 0.0262. The van der Waals surface area contributed by atoms with Gasteiger partial charge in [-0.15, -0.1) is 0 Å². The number of fused-ring (bicyclic) bond motifs is 3. The quantitative estimate of drug-likeness (QED) is 0.494. The number of aryl methyl sites for hydroxylation is 1. The summed E-state index contributed by atoms with van der Waals surface area (Å²) in [4.78, 5) is 35.7. The molecule has 1 fully saturated rings. The number of amides is 2. The van der Waals surface area contributed by atoms with Gasteiger partial charge in [-0.2, -0.15) is 0 Å². The molecule has 0 N–H and O–H groups in total. The van der Waals surface area contributed by atoms with Crippen LogP contribution < -0.4 is 4.90 Å². The molecule has 1 spiro atoms. The van der Waals surface area contributed by atoms with Crippen LogP contribution in [0.3, 0.4) is 0 Å². The lowest BCUT2D eigenvalue weighted by Gasteiger charge is -2.47. The van der Waals surface area contributed by atoms with Crippen LogP contribution in [0.5, 0.6) is 0 Å². The first-order valence-corrected chi connectivity index (χ1v) is 13.4. The van der Waals surface area contributed by atoms with E-state index in [1.807, 2.05) is 34.1 Å². The lowest BCUT2D eigenvalue weighted by molar-refractivity contribution is -0.147. The Morgan fingerprint density at radius 1 is 1.11 bits per heavy atom. The fourth-order valence-electron chi connectivity index (χ4n) is 6.26. The molecule has 0 bridgehead atoms. The van der Waals surface area contributed by atoms with Gasteiger partial charge in [-0.25, -0.2) is 4.98 Å². The van der Waals surface area contributed by atoms with Gasteiger partial charge in [0, 0.05) is 36.9 Å². The molecule has 0 unspecified atom stereocenters. The van der Waals surface area contributed by atoms with Crippen LogP contribution in [0.25, 0.3) is 0 Å². The Morgan fingerprint density at radius 2 is 1.86 bits per heavy atom. The summed E-state index contributed by atoms with van der Waals surface area (Å²) in [7, 11) is 0. The SMILES string of the molecule is CCC(CC)C(=O)N1CC2(C1)C(=O)N(Cc1nc3c(n1CCCCF)CCCC3)c1ccccc12. The number of alkyl halides is 1. The van der Waals surface area contributed by atoms with Crippen molar-refractivity contribution < 1.29 is 14.0 Å². The number of rotatable bonds is 9. The molecule has 2 aliphatic heterocycles. The number of carbonyl (C=O) groups excluding carboxylic acids is 2. The first-order chi connectivity index (χ1) is 17.0. The number of hydrogen-bond acceptors (Lipinski definition) is 3. The van der Waals surface area contributed by atoms with E-state index in [2.05, 4.69) is 18.4 Å². The molecular weight excluding hydrogens is 443 g/mol. The number of hydrogen-bond donors (Lipinski definition) is 0. The van der Waals surface area contributed by atoms with E-state index >= 15 is 0 Å². The number of para-hydroxylation sites is 1. The number of aromatic nitrogens is 2. The van der Waals surface area contributed by atoms with Crippen LogP contribution in [0.1, 0.15) is 75.1 Å². The third kappa shape index (κ3) is 3.97. The summed E-state index contributed by atoms with van der Waals surface area (Å²) in [6.07, 6.45) is 7.23. The van der Waals surface area contributed by atoms with Gasteiger partial charge >= 0.3 is 0 Å². The number of anilines is 1. The number of benzene rings is 1. The van der Waals surface area contributed by atoms with Crippen molar-refractivity contribution in [3.63, 3.8) is 0 Å². The highest BCUT2D eigenvalue weighted by Crippen LogP contribution is 2.48. The van der Waals surface area contributed by atoms with E-state index in [9.17, 15) is 14.0 Å². The van der Waals surface area contributed by atoms with E-state index in [1.54, 1.807) is 0 Å². The maximum absolute atomic E-state index is 14.0. The molecule has 0 atom stereocenters. The summed E-state index contributed by atoms with van der Waals surface area (Å²) in [5.41, 5.74) is 3.73. The molecule has 5 rings (SSSR count). The first-order valence-electron chi connectivity index (χ1n) is 13.4. The number of unbranched alkanes of at least 4 members (excludes halogenated alkanes) is 1. The van der Waals surface area contributed by atoms with Crippen molar-refractivity contribution in [2.24, 2.45) is 5.92 Å². The van der Waals surface area contributed by atoms with Gasteiger partial charge in [0.15, 0.2) is 0 Å². The minimum Gasteiger partial charge on any atom is -0.339 e. The second kappa shape index (κ2) is 9.75. The van der Waals surface area contributed by atoms with E-state index in [1.165, 1.54) is 5.69 Å². The Hall–Kier alpha value is -2.70. The van der Waals surface area contributed by atoms with Gasteiger partial charge in [0.05, 0.1) is 18.9 Å². The van der Waals surface area contributed by atoms with Gasteiger partial charge in [-0.05, 0) is 63.0 Å². The maximum atomic E-state index is 14.0. The Balaban J connectivity index is 1.42. The lowest BCUT2D eigenvalue weighted by Crippen LogP contribution is -2.66. The van der Waals surface area contributed by atoms with Crippen molar-refractivity contribution in [3.8, 4) is 0 Å². The van der Waals surface area contributed by atoms with Crippen LogP contribution in [-0.2, 0) is 40.9 Å². The summed E-state index contributed by atoms with van der Waals surface area (Å²) in [5, 5.41) is 0. The molecule has 3 heterocycles. The topological polar surface area (TPSA) is 58.4 Å². The van der Waals surface area contributed by atoms with Crippen LogP contribution >= 0.6 is 0 Å². The van der Waals surface area contributed by atoms with Gasteiger partial charge in [0.2, 0.25) is 11.8 Å². The maximum Gasteiger partial charge on any atom is 0.241 e. The van der Waals surface area contributed by atoms with Crippen molar-refractivity contribution >= 4 is 17.5 Å². The molecule has 1 aliphatic carbocycles. The molecular formula is C28H37FN4O2. The second-order valence-electron chi connectivity index (χ2n) is 10.4. The van der Waals surface area contributed by atoms with Crippen molar-refractivity contribution in [1.82, 2.24) is 14.5 Å². The van der Waals surface area contributed by atoms with Gasteiger partial charge < -0.3 is 14.4 Å². The summed E-state index contributed by atoms with van der Waals surface area (Å²) in [5.74, 6) is 1.17. The molecule has 3 aliphatic rings. The van der Waals surface area contributed by atoms with E-state index < -0.39 is 5.41 Å². The van der Waals surface area contributed by atoms with Crippen LogP contribution in [0.4, 0.5) is 10.1 Å². The van der Waals surface area contributed by atoms with E-state index in [0.29, 0.717) is 26.1 Å². The average molecular weight is 481 g/mol. The van der Waals surface area contributed by atoms with Gasteiger partial charge in [0.25, 0.3) is 0 Å². The largest absolute Gasteiger partial charge is 0.339 e. The third-order valence-corrected chi connectivity index (χ3v) is 8.31. The van der Waals surface area contributed by atoms with Crippen molar-refractivity contribution in [2.45, 2.75) is 83.7 Å². The normalized spacial score (nSPS) is 18.2. The highest BCUT2D eigenvalue weighted by atomic mass is 19.1. The molecule has 35 heavy (non-hydrogen) atoms. The molecule has 6 nitrogen and oxygen atoms in total. The Morgan fingerprint density at radius 3 is 2.60 bits per heavy atom. The molecule has 0 radical (unpaired) electrons. The number of likely N-dealkylation sites (tertiary alicyclic amines) is 1. The first kappa shape index (κ1) is 24.0. The highest BCUT2D eigenvalue weighted by Gasteiger charge is 2.59. The van der Waals surface area contributed by atoms with Crippen LogP contribution in [-0.4, -0.2) is 46.0 Å². The fourth-order valence-corrected chi connectivity index (χ4v) is 6.26. The molecule has 1 aromatic carbocycles. The molecule has 188 valence electrons. The Bertz CT molecular complexity index is 1100. The van der Waals surface area contributed by atoms with E-state index in [4.69, 9.17) is 4.98 Å². The molecule has 0 saturated carbocycles. The molecule has 2 aromatic rings. The van der Waals surface area contributed by atoms with Crippen molar-refractivity contribution in [2.75, 3.05) is 24.7 Å². The van der Waals surface area contributed by atoms with Crippen molar-refractivity contribution in [3.05, 3.63) is 47.0 Å². The zero-order valence-corrected chi connectivity index (χ0v) is 21.1. The number of carbonyl (C=O) groups is 2. The lowest BCUT2D eigenvalue weighted by atomic mass is 9.74. The predicted octanol–water partition coefficient (Wildman–Crippen LogP) is 4.57. The minimum atomic E-state index is -0.649. The number of halogens is 1. The Kier molecular flexibility index (Phi) is 6.69. The molecule has 1 aromatic heterocycles. The zero-order valence-electron chi connectivity index (χ0n) is 21.1. The molecule has 1 saturated heterocycles. The van der Waals surface area contributed by atoms with Gasteiger partial charge in [-0.3, -0.25) is 14.0 Å². The molecule has 2 amide bonds. The average Bonchev–Trinajstić information content (AvgIpc) is 3.32. The predicted molar refractivity (Wildman–Crippen MR) is 134 cm³/mol. The third-order valence-electron chi connectivity index (χ3n) is 8.31. The molecule has 7 heteroatoms. The number of imidazole rings is 1. The summed E-state index contributed by atoms with van der Waals surface area (Å²) >= 11 is 0.